The summed E-state index contributed by atoms with van der Waals surface area (Å²) in [5.74, 6) is 0.242. The molecule has 0 saturated heterocycles. The molecule has 4 rings (SSSR count). The Morgan fingerprint density at radius 1 is 1.29 bits per heavy atom. The Labute approximate surface area is 196 Å². The fourth-order valence-electron chi connectivity index (χ4n) is 4.41. The summed E-state index contributed by atoms with van der Waals surface area (Å²) in [6.07, 6.45) is 3.11. The van der Waals surface area contributed by atoms with Gasteiger partial charge in [-0.1, -0.05) is 0 Å². The number of aromatic nitrogens is 4. The molecular formula is C23H29FN6O4. The van der Waals surface area contributed by atoms with E-state index in [9.17, 15) is 14.0 Å². The third kappa shape index (κ3) is 4.12. The molecule has 0 bridgehead atoms. The standard InChI is InChI=1S/C23H29FN6O4/c1-13-10-16(11-14(2)20(13)24)30-21(29-9-7-25-22(29)31)19-15(3)28(8-6-17(19)27-30)23(32)26-12-18(33-4)34-5/h7,9-11,15,18H,6,8,12H2,1-5H3,(H,25,31)(H,26,32)/t15-/m0/s1. The number of nitrogens with one attached hydrogen (secondary N) is 2. The van der Waals surface area contributed by atoms with Crippen molar-refractivity contribution in [3.63, 3.8) is 0 Å². The van der Waals surface area contributed by atoms with Gasteiger partial charge in [-0.05, 0) is 44.0 Å². The second-order valence-corrected chi connectivity index (χ2v) is 8.33. The van der Waals surface area contributed by atoms with Crippen LogP contribution in [0.1, 0.15) is 35.3 Å². The Kier molecular flexibility index (Phi) is 6.58. The van der Waals surface area contributed by atoms with Crippen molar-refractivity contribution >= 4 is 6.03 Å². The van der Waals surface area contributed by atoms with Gasteiger partial charge in [0.25, 0.3) is 0 Å². The minimum Gasteiger partial charge on any atom is -0.354 e. The number of benzene rings is 1. The average molecular weight is 473 g/mol. The number of nitrogens with zero attached hydrogens (tertiary/aromatic N) is 4. The fraction of sp³-hybridized carbons (Fsp3) is 0.435. The largest absolute Gasteiger partial charge is 0.354 e. The average Bonchev–Trinajstić information content (AvgIpc) is 3.41. The van der Waals surface area contributed by atoms with Gasteiger partial charge in [0.15, 0.2) is 6.29 Å². The van der Waals surface area contributed by atoms with Gasteiger partial charge < -0.3 is 24.7 Å². The number of ether oxygens (including phenoxy) is 2. The van der Waals surface area contributed by atoms with Gasteiger partial charge >= 0.3 is 11.7 Å². The van der Waals surface area contributed by atoms with Crippen molar-refractivity contribution in [3.8, 4) is 11.5 Å². The number of fused-ring (bicyclic) bond motifs is 1. The summed E-state index contributed by atoms with van der Waals surface area (Å²) in [5, 5.41) is 7.63. The van der Waals surface area contributed by atoms with Crippen LogP contribution in [0.2, 0.25) is 0 Å². The van der Waals surface area contributed by atoms with Crippen molar-refractivity contribution in [1.29, 1.82) is 0 Å². The minimum absolute atomic E-state index is 0.194. The predicted octanol–water partition coefficient (Wildman–Crippen LogP) is 2.35. The summed E-state index contributed by atoms with van der Waals surface area (Å²) in [7, 11) is 3.01. The molecule has 0 spiro atoms. The number of H-pyrrole nitrogens is 1. The third-order valence-electron chi connectivity index (χ3n) is 6.20. The first-order valence-corrected chi connectivity index (χ1v) is 11.0. The van der Waals surface area contributed by atoms with E-state index in [1.807, 2.05) is 6.92 Å². The lowest BCUT2D eigenvalue weighted by molar-refractivity contribution is -0.0976. The summed E-state index contributed by atoms with van der Waals surface area (Å²) in [5.41, 5.74) is 2.81. The molecule has 1 atom stereocenters. The molecule has 1 aromatic carbocycles. The summed E-state index contributed by atoms with van der Waals surface area (Å²) in [6, 6.07) is 2.76. The van der Waals surface area contributed by atoms with Crippen molar-refractivity contribution in [2.75, 3.05) is 27.3 Å². The van der Waals surface area contributed by atoms with Crippen LogP contribution in [0, 0.1) is 19.7 Å². The zero-order valence-corrected chi connectivity index (χ0v) is 19.9. The molecule has 1 aliphatic rings. The van der Waals surface area contributed by atoms with E-state index in [2.05, 4.69) is 10.3 Å². The lowest BCUT2D eigenvalue weighted by atomic mass is 9.99. The van der Waals surface area contributed by atoms with Crippen molar-refractivity contribution in [1.82, 2.24) is 29.5 Å². The van der Waals surface area contributed by atoms with E-state index >= 15 is 0 Å². The number of imidazole rings is 1. The number of aromatic amines is 1. The highest BCUT2D eigenvalue weighted by Gasteiger charge is 2.35. The molecule has 34 heavy (non-hydrogen) atoms. The highest BCUT2D eigenvalue weighted by atomic mass is 19.1. The molecule has 0 radical (unpaired) electrons. The highest BCUT2D eigenvalue weighted by Crippen LogP contribution is 2.35. The molecule has 10 nitrogen and oxygen atoms in total. The van der Waals surface area contributed by atoms with E-state index in [4.69, 9.17) is 14.6 Å². The highest BCUT2D eigenvalue weighted by molar-refractivity contribution is 5.75. The summed E-state index contributed by atoms with van der Waals surface area (Å²) < 4.78 is 27.7. The van der Waals surface area contributed by atoms with E-state index in [-0.39, 0.29) is 30.1 Å². The van der Waals surface area contributed by atoms with Crippen LogP contribution in [-0.4, -0.2) is 63.9 Å². The van der Waals surface area contributed by atoms with Crippen LogP contribution in [0.4, 0.5) is 9.18 Å². The van der Waals surface area contributed by atoms with Crippen LogP contribution in [0.3, 0.4) is 0 Å². The Bertz CT molecular complexity index is 1240. The maximum absolute atomic E-state index is 14.3. The van der Waals surface area contributed by atoms with Gasteiger partial charge in [0.05, 0.1) is 24.0 Å². The summed E-state index contributed by atoms with van der Waals surface area (Å²) >= 11 is 0. The minimum atomic E-state index is -0.554. The number of amides is 2. The third-order valence-corrected chi connectivity index (χ3v) is 6.20. The van der Waals surface area contributed by atoms with Gasteiger partial charge in [0, 0.05) is 45.1 Å². The topological polar surface area (TPSA) is 106 Å². The Balaban J connectivity index is 1.78. The molecule has 0 fully saturated rings. The van der Waals surface area contributed by atoms with Crippen LogP contribution in [0.5, 0.6) is 0 Å². The van der Waals surface area contributed by atoms with Crippen LogP contribution < -0.4 is 11.0 Å². The van der Waals surface area contributed by atoms with Gasteiger partial charge in [0.2, 0.25) is 0 Å². The maximum Gasteiger partial charge on any atom is 0.331 e. The van der Waals surface area contributed by atoms with E-state index in [1.54, 1.807) is 48.0 Å². The number of aryl methyl sites for hydroxylation is 2. The predicted molar refractivity (Wildman–Crippen MR) is 123 cm³/mol. The molecule has 3 aromatic rings. The van der Waals surface area contributed by atoms with Crippen molar-refractivity contribution in [2.24, 2.45) is 0 Å². The lowest BCUT2D eigenvalue weighted by Gasteiger charge is -2.33. The lowest BCUT2D eigenvalue weighted by Crippen LogP contribution is -2.47. The quantitative estimate of drug-likeness (QED) is 0.536. The van der Waals surface area contributed by atoms with Gasteiger partial charge in [0.1, 0.15) is 11.6 Å². The van der Waals surface area contributed by atoms with E-state index in [0.29, 0.717) is 35.6 Å². The van der Waals surface area contributed by atoms with Gasteiger partial charge in [-0.3, -0.25) is 4.57 Å². The number of halogens is 1. The first-order valence-electron chi connectivity index (χ1n) is 11.0. The molecule has 11 heteroatoms. The van der Waals surface area contributed by atoms with E-state index in [0.717, 1.165) is 11.3 Å². The number of hydrogen-bond donors (Lipinski definition) is 2. The van der Waals surface area contributed by atoms with Crippen LogP contribution in [0.15, 0.2) is 29.3 Å². The Morgan fingerprint density at radius 3 is 2.56 bits per heavy atom. The maximum atomic E-state index is 14.3. The molecule has 0 unspecified atom stereocenters. The molecule has 3 heterocycles. The smallest absolute Gasteiger partial charge is 0.331 e. The SMILES string of the molecule is COC(CNC(=O)N1CCc2nn(-c3cc(C)c(F)c(C)c3)c(-n3cc[nH]c3=O)c2[C@@H]1C)OC. The normalized spacial score (nSPS) is 15.6. The molecule has 2 aromatic heterocycles. The molecule has 1 aliphatic heterocycles. The van der Waals surface area contributed by atoms with Gasteiger partial charge in [-0.2, -0.15) is 5.10 Å². The van der Waals surface area contributed by atoms with Gasteiger partial charge in [-0.25, -0.2) is 18.7 Å². The zero-order chi connectivity index (χ0) is 24.6. The van der Waals surface area contributed by atoms with E-state index in [1.165, 1.54) is 18.8 Å². The first kappa shape index (κ1) is 23.7. The molecule has 2 amide bonds. The molecule has 0 aliphatic carbocycles. The molecular weight excluding hydrogens is 443 g/mol. The Hall–Kier alpha value is -3.44. The number of urea groups is 1. The molecule has 182 valence electrons. The van der Waals surface area contributed by atoms with Crippen molar-refractivity contribution < 1.29 is 18.7 Å². The summed E-state index contributed by atoms with van der Waals surface area (Å²) in [6.45, 7) is 5.93. The van der Waals surface area contributed by atoms with Crippen LogP contribution in [0.25, 0.3) is 11.5 Å². The van der Waals surface area contributed by atoms with E-state index < -0.39 is 6.29 Å². The van der Waals surface area contributed by atoms with Gasteiger partial charge in [-0.15, -0.1) is 0 Å². The number of carbonyl (C=O) groups is 1. The number of methoxy groups -OCH3 is 2. The zero-order valence-electron chi connectivity index (χ0n) is 19.9. The number of rotatable bonds is 6. The first-order chi connectivity index (χ1) is 16.3. The number of hydrogen-bond acceptors (Lipinski definition) is 5. The Morgan fingerprint density at radius 2 is 1.97 bits per heavy atom. The second-order valence-electron chi connectivity index (χ2n) is 8.33. The van der Waals surface area contributed by atoms with Crippen LogP contribution in [-0.2, 0) is 15.9 Å². The van der Waals surface area contributed by atoms with Crippen molar-refractivity contribution in [2.45, 2.75) is 39.5 Å². The fourth-order valence-corrected chi connectivity index (χ4v) is 4.41. The number of carbonyl (C=O) groups excluding carboxylic acids is 1. The van der Waals surface area contributed by atoms with Crippen LogP contribution >= 0.6 is 0 Å². The second kappa shape index (κ2) is 9.43. The molecule has 0 saturated carbocycles. The summed E-state index contributed by atoms with van der Waals surface area (Å²) in [4.78, 5) is 30.0. The monoisotopic (exact) mass is 472 g/mol. The molecule has 2 N–H and O–H groups in total. The van der Waals surface area contributed by atoms with Crippen molar-refractivity contribution in [3.05, 3.63) is 63.2 Å².